The molecule has 7 heteroatoms. The van der Waals surface area contributed by atoms with Crippen LogP contribution in [-0.2, 0) is 17.5 Å². The molecule has 1 atom stereocenters. The van der Waals surface area contributed by atoms with E-state index >= 15 is 0 Å². The van der Waals surface area contributed by atoms with Crippen LogP contribution in [0.15, 0.2) is 12.3 Å². The van der Waals surface area contributed by atoms with Gasteiger partial charge in [0.25, 0.3) is 0 Å². The zero-order valence-corrected chi connectivity index (χ0v) is 10.2. The van der Waals surface area contributed by atoms with Crippen molar-refractivity contribution in [3.8, 4) is 0 Å². The normalized spacial score (nSPS) is 22.3. The van der Waals surface area contributed by atoms with Crippen LogP contribution in [0.2, 0.25) is 0 Å². The zero-order chi connectivity index (χ0) is 13.2. The van der Waals surface area contributed by atoms with Gasteiger partial charge in [0, 0.05) is 19.3 Å². The number of likely N-dealkylation sites (N-methyl/N-ethyl adjacent to an activating group) is 1. The Labute approximate surface area is 103 Å². The standard InChI is InChI=1S/C11H16F3N3O/c1-2-16-5-6-18-9(7-16)8-17-4-3-10(15-17)11(12,13)14/h3-4,9H,2,5-8H2,1H3. The SMILES string of the molecule is CCN1CCOC(Cn2ccc(C(F)(F)F)n2)C1. The smallest absolute Gasteiger partial charge is 0.374 e. The fourth-order valence-electron chi connectivity index (χ4n) is 2.00. The molecule has 4 nitrogen and oxygen atoms in total. The summed E-state index contributed by atoms with van der Waals surface area (Å²) in [4.78, 5) is 2.21. The van der Waals surface area contributed by atoms with Gasteiger partial charge in [0.2, 0.25) is 0 Å². The summed E-state index contributed by atoms with van der Waals surface area (Å²) >= 11 is 0. The topological polar surface area (TPSA) is 30.3 Å². The third kappa shape index (κ3) is 3.23. The molecule has 0 saturated carbocycles. The van der Waals surface area contributed by atoms with Crippen LogP contribution in [0.3, 0.4) is 0 Å². The second-order valence-electron chi connectivity index (χ2n) is 4.31. The van der Waals surface area contributed by atoms with Crippen molar-refractivity contribution < 1.29 is 17.9 Å². The lowest BCUT2D eigenvalue weighted by Gasteiger charge is -2.31. The molecule has 102 valence electrons. The van der Waals surface area contributed by atoms with Gasteiger partial charge >= 0.3 is 6.18 Å². The van der Waals surface area contributed by atoms with Crippen LogP contribution in [-0.4, -0.2) is 47.0 Å². The molecular formula is C11H16F3N3O. The molecule has 1 fully saturated rings. The van der Waals surface area contributed by atoms with E-state index in [9.17, 15) is 13.2 Å². The van der Waals surface area contributed by atoms with E-state index in [1.807, 2.05) is 0 Å². The van der Waals surface area contributed by atoms with Crippen LogP contribution in [0.4, 0.5) is 13.2 Å². The summed E-state index contributed by atoms with van der Waals surface area (Å²) in [7, 11) is 0. The number of morpholine rings is 1. The van der Waals surface area contributed by atoms with Crippen molar-refractivity contribution >= 4 is 0 Å². The first-order chi connectivity index (χ1) is 8.49. The van der Waals surface area contributed by atoms with Gasteiger partial charge in [-0.2, -0.15) is 18.3 Å². The summed E-state index contributed by atoms with van der Waals surface area (Å²) in [5, 5.41) is 3.52. The molecule has 1 aliphatic rings. The molecular weight excluding hydrogens is 247 g/mol. The van der Waals surface area contributed by atoms with Crippen molar-refractivity contribution in [3.63, 3.8) is 0 Å². The summed E-state index contributed by atoms with van der Waals surface area (Å²) in [5.74, 6) is 0. The molecule has 1 aromatic heterocycles. The zero-order valence-electron chi connectivity index (χ0n) is 10.2. The Balaban J connectivity index is 1.95. The molecule has 0 aromatic carbocycles. The molecule has 0 N–H and O–H groups in total. The molecule has 0 radical (unpaired) electrons. The minimum Gasteiger partial charge on any atom is -0.374 e. The lowest BCUT2D eigenvalue weighted by Crippen LogP contribution is -2.44. The van der Waals surface area contributed by atoms with Gasteiger partial charge < -0.3 is 4.74 Å². The molecule has 0 bridgehead atoms. The number of hydrogen-bond acceptors (Lipinski definition) is 3. The maximum Gasteiger partial charge on any atom is 0.435 e. The maximum absolute atomic E-state index is 12.4. The first-order valence-corrected chi connectivity index (χ1v) is 5.93. The van der Waals surface area contributed by atoms with Gasteiger partial charge in [0.15, 0.2) is 5.69 Å². The van der Waals surface area contributed by atoms with Crippen LogP contribution in [0.5, 0.6) is 0 Å². The minimum atomic E-state index is -4.38. The van der Waals surface area contributed by atoms with Crippen LogP contribution >= 0.6 is 0 Å². The Morgan fingerprint density at radius 1 is 1.50 bits per heavy atom. The highest BCUT2D eigenvalue weighted by molar-refractivity contribution is 5.03. The second kappa shape index (κ2) is 5.27. The van der Waals surface area contributed by atoms with Crippen LogP contribution in [0.1, 0.15) is 12.6 Å². The molecule has 1 aromatic rings. The molecule has 1 unspecified atom stereocenters. The van der Waals surface area contributed by atoms with Crippen molar-refractivity contribution in [2.24, 2.45) is 0 Å². The Hall–Kier alpha value is -1.08. The molecule has 18 heavy (non-hydrogen) atoms. The third-order valence-corrected chi connectivity index (χ3v) is 2.99. The number of nitrogens with zero attached hydrogens (tertiary/aromatic N) is 3. The van der Waals surface area contributed by atoms with Gasteiger partial charge in [0.1, 0.15) is 0 Å². The molecule has 0 spiro atoms. The molecule has 0 amide bonds. The van der Waals surface area contributed by atoms with Crippen molar-refractivity contribution in [2.75, 3.05) is 26.2 Å². The van der Waals surface area contributed by atoms with Gasteiger partial charge in [-0.1, -0.05) is 6.92 Å². The highest BCUT2D eigenvalue weighted by atomic mass is 19.4. The number of ether oxygens (including phenoxy) is 1. The first-order valence-electron chi connectivity index (χ1n) is 5.93. The van der Waals surface area contributed by atoms with E-state index in [1.165, 1.54) is 10.9 Å². The predicted molar refractivity (Wildman–Crippen MR) is 59.1 cm³/mol. The van der Waals surface area contributed by atoms with Crippen molar-refractivity contribution in [1.82, 2.24) is 14.7 Å². The molecule has 1 aliphatic heterocycles. The van der Waals surface area contributed by atoms with E-state index in [0.717, 1.165) is 25.7 Å². The number of rotatable bonds is 3. The lowest BCUT2D eigenvalue weighted by atomic mass is 10.2. The highest BCUT2D eigenvalue weighted by Gasteiger charge is 2.33. The van der Waals surface area contributed by atoms with Gasteiger partial charge in [-0.05, 0) is 12.6 Å². The summed E-state index contributed by atoms with van der Waals surface area (Å²) in [6.45, 7) is 5.56. The maximum atomic E-state index is 12.4. The van der Waals surface area contributed by atoms with Crippen LogP contribution in [0, 0.1) is 0 Å². The molecule has 0 aliphatic carbocycles. The first kappa shape index (κ1) is 13.4. The molecule has 2 heterocycles. The van der Waals surface area contributed by atoms with E-state index in [2.05, 4.69) is 16.9 Å². The van der Waals surface area contributed by atoms with Gasteiger partial charge in [-0.25, -0.2) is 0 Å². The number of alkyl halides is 3. The van der Waals surface area contributed by atoms with Crippen molar-refractivity contribution in [1.29, 1.82) is 0 Å². The Kier molecular flexibility index (Phi) is 3.91. The van der Waals surface area contributed by atoms with Gasteiger partial charge in [-0.3, -0.25) is 9.58 Å². The summed E-state index contributed by atoms with van der Waals surface area (Å²) in [6, 6.07) is 0.987. The molecule has 2 rings (SSSR count). The summed E-state index contributed by atoms with van der Waals surface area (Å²) < 4.78 is 44.0. The van der Waals surface area contributed by atoms with Gasteiger partial charge in [0.05, 0.1) is 19.3 Å². The number of hydrogen-bond donors (Lipinski definition) is 0. The fraction of sp³-hybridized carbons (Fsp3) is 0.727. The number of aromatic nitrogens is 2. The summed E-state index contributed by atoms with van der Waals surface area (Å²) in [6.07, 6.45) is -3.13. The van der Waals surface area contributed by atoms with Gasteiger partial charge in [-0.15, -0.1) is 0 Å². The Morgan fingerprint density at radius 3 is 2.89 bits per heavy atom. The van der Waals surface area contributed by atoms with Crippen LogP contribution < -0.4 is 0 Å². The average molecular weight is 263 g/mol. The predicted octanol–water partition coefficient (Wildman–Crippen LogP) is 1.62. The Bertz CT molecular complexity index is 391. The number of halogens is 3. The minimum absolute atomic E-state index is 0.0975. The van der Waals surface area contributed by atoms with E-state index < -0.39 is 11.9 Å². The fourth-order valence-corrected chi connectivity index (χ4v) is 2.00. The largest absolute Gasteiger partial charge is 0.435 e. The van der Waals surface area contributed by atoms with Crippen molar-refractivity contribution in [2.45, 2.75) is 25.7 Å². The van der Waals surface area contributed by atoms with E-state index in [0.29, 0.717) is 13.2 Å². The van der Waals surface area contributed by atoms with E-state index in [4.69, 9.17) is 4.74 Å². The van der Waals surface area contributed by atoms with Crippen LogP contribution in [0.25, 0.3) is 0 Å². The van der Waals surface area contributed by atoms with Crippen molar-refractivity contribution in [3.05, 3.63) is 18.0 Å². The lowest BCUT2D eigenvalue weighted by molar-refractivity contribution is -0.141. The highest BCUT2D eigenvalue weighted by Crippen LogP contribution is 2.27. The quantitative estimate of drug-likeness (QED) is 0.830. The monoisotopic (exact) mass is 263 g/mol. The average Bonchev–Trinajstić information content (AvgIpc) is 2.77. The van der Waals surface area contributed by atoms with E-state index in [-0.39, 0.29) is 6.10 Å². The van der Waals surface area contributed by atoms with E-state index in [1.54, 1.807) is 0 Å². The third-order valence-electron chi connectivity index (χ3n) is 2.99. The molecule has 1 saturated heterocycles. The summed E-state index contributed by atoms with van der Waals surface area (Å²) in [5.41, 5.74) is -0.856. The second-order valence-corrected chi connectivity index (χ2v) is 4.31. The Morgan fingerprint density at radius 2 is 2.28 bits per heavy atom.